The molecule has 0 radical (unpaired) electrons. The summed E-state index contributed by atoms with van der Waals surface area (Å²) in [6.45, 7) is 0.995. The van der Waals surface area contributed by atoms with Crippen LogP contribution in [0.4, 0.5) is 11.8 Å². The summed E-state index contributed by atoms with van der Waals surface area (Å²) < 4.78 is 0. The Kier molecular flexibility index (Phi) is 2.75. The van der Waals surface area contributed by atoms with E-state index in [0.717, 1.165) is 37.1 Å². The Balaban J connectivity index is 2.08. The average Bonchev–Trinajstić information content (AvgIpc) is 2.85. The van der Waals surface area contributed by atoms with E-state index in [-0.39, 0.29) is 18.6 Å². The van der Waals surface area contributed by atoms with E-state index < -0.39 is 0 Å². The molecular weight excluding hydrogens is 232 g/mol. The minimum absolute atomic E-state index is 0.0968. The Hall–Kier alpha value is -1.89. The van der Waals surface area contributed by atoms with Gasteiger partial charge in [-0.05, 0) is 19.3 Å². The van der Waals surface area contributed by atoms with Gasteiger partial charge >= 0.3 is 0 Å². The smallest absolute Gasteiger partial charge is 0.224 e. The van der Waals surface area contributed by atoms with Crippen LogP contribution in [0.3, 0.4) is 0 Å². The Morgan fingerprint density at radius 3 is 3.17 bits per heavy atom. The number of nitrogens with one attached hydrogen (secondary N) is 1. The maximum absolute atomic E-state index is 9.47. The number of imidazole rings is 1. The highest BCUT2D eigenvalue weighted by atomic mass is 16.3. The molecule has 0 aromatic carbocycles. The quantitative estimate of drug-likeness (QED) is 0.705. The number of rotatable bonds is 2. The Morgan fingerprint density at radius 1 is 1.44 bits per heavy atom. The van der Waals surface area contributed by atoms with E-state index in [0.29, 0.717) is 5.65 Å². The van der Waals surface area contributed by atoms with Crippen molar-refractivity contribution in [3.05, 3.63) is 6.33 Å². The number of fused-ring (bicyclic) bond motifs is 1. The van der Waals surface area contributed by atoms with E-state index in [4.69, 9.17) is 5.73 Å². The molecule has 1 aliphatic heterocycles. The number of nitrogens with two attached hydrogens (primary N) is 1. The summed E-state index contributed by atoms with van der Waals surface area (Å²) in [7, 11) is 0. The zero-order valence-electron chi connectivity index (χ0n) is 10.0. The van der Waals surface area contributed by atoms with Gasteiger partial charge < -0.3 is 20.7 Å². The van der Waals surface area contributed by atoms with Crippen molar-refractivity contribution in [2.45, 2.75) is 25.3 Å². The van der Waals surface area contributed by atoms with E-state index in [9.17, 15) is 5.11 Å². The second kappa shape index (κ2) is 4.41. The van der Waals surface area contributed by atoms with Crippen molar-refractivity contribution in [1.29, 1.82) is 0 Å². The second-order valence-corrected chi connectivity index (χ2v) is 4.53. The third-order valence-electron chi connectivity index (χ3n) is 3.39. The van der Waals surface area contributed by atoms with Crippen molar-refractivity contribution in [1.82, 2.24) is 19.9 Å². The van der Waals surface area contributed by atoms with Crippen molar-refractivity contribution in [2.24, 2.45) is 0 Å². The highest BCUT2D eigenvalue weighted by Gasteiger charge is 2.25. The van der Waals surface area contributed by atoms with E-state index in [2.05, 4.69) is 24.8 Å². The Bertz CT molecular complexity index is 553. The van der Waals surface area contributed by atoms with E-state index in [1.165, 1.54) is 0 Å². The van der Waals surface area contributed by atoms with Gasteiger partial charge in [0, 0.05) is 6.54 Å². The zero-order valence-corrected chi connectivity index (χ0v) is 10.0. The fraction of sp³-hybridized carbons (Fsp3) is 0.545. The van der Waals surface area contributed by atoms with Gasteiger partial charge in [0.2, 0.25) is 5.95 Å². The van der Waals surface area contributed by atoms with Gasteiger partial charge in [0.15, 0.2) is 11.5 Å². The first-order valence-corrected chi connectivity index (χ1v) is 6.13. The first-order valence-electron chi connectivity index (χ1n) is 6.13. The molecule has 1 saturated heterocycles. The molecule has 3 rings (SSSR count). The van der Waals surface area contributed by atoms with Crippen molar-refractivity contribution < 1.29 is 5.11 Å². The molecule has 2 aromatic rings. The standard InChI is InChI=1S/C11H16N6O/c12-11-15-9-8(13-6-14-9)10(16-11)17-4-2-1-3-7(17)5-18/h6-7,18H,1-5H2,(H3,12,13,14,15,16). The first-order chi connectivity index (χ1) is 8.79. The average molecular weight is 248 g/mol. The summed E-state index contributed by atoms with van der Waals surface area (Å²) >= 11 is 0. The van der Waals surface area contributed by atoms with E-state index in [1.54, 1.807) is 6.33 Å². The molecule has 1 atom stereocenters. The van der Waals surface area contributed by atoms with Crippen LogP contribution in [0.25, 0.3) is 11.2 Å². The Labute approximate surface area is 104 Å². The van der Waals surface area contributed by atoms with Crippen LogP contribution in [-0.4, -0.2) is 44.2 Å². The summed E-state index contributed by atoms with van der Waals surface area (Å²) in [5.41, 5.74) is 7.06. The number of piperidine rings is 1. The van der Waals surface area contributed by atoms with Gasteiger partial charge in [-0.2, -0.15) is 9.97 Å². The number of aromatic nitrogens is 4. The minimum atomic E-state index is 0.0968. The Morgan fingerprint density at radius 2 is 2.33 bits per heavy atom. The summed E-state index contributed by atoms with van der Waals surface area (Å²) in [5, 5.41) is 9.47. The predicted octanol–water partition coefficient (Wildman–Crippen LogP) is 0.286. The van der Waals surface area contributed by atoms with Gasteiger partial charge in [-0.3, -0.25) is 0 Å². The zero-order chi connectivity index (χ0) is 12.5. The fourth-order valence-electron chi connectivity index (χ4n) is 2.51. The lowest BCUT2D eigenvalue weighted by molar-refractivity contribution is 0.239. The maximum atomic E-state index is 9.47. The van der Waals surface area contributed by atoms with Crippen LogP contribution in [0, 0.1) is 0 Å². The van der Waals surface area contributed by atoms with Crippen molar-refractivity contribution in [2.75, 3.05) is 23.8 Å². The lowest BCUT2D eigenvalue weighted by Crippen LogP contribution is -2.42. The molecule has 1 aliphatic rings. The molecule has 0 saturated carbocycles. The lowest BCUT2D eigenvalue weighted by Gasteiger charge is -2.35. The molecule has 0 bridgehead atoms. The molecule has 0 spiro atoms. The number of nitrogens with zero attached hydrogens (tertiary/aromatic N) is 4. The molecule has 7 heteroatoms. The molecule has 96 valence electrons. The van der Waals surface area contributed by atoms with Crippen molar-refractivity contribution in [3.8, 4) is 0 Å². The SMILES string of the molecule is Nc1nc(N2CCCCC2CO)c2[nH]cnc2n1. The number of hydrogen-bond donors (Lipinski definition) is 3. The number of H-pyrrole nitrogens is 1. The molecule has 4 N–H and O–H groups in total. The molecule has 3 heterocycles. The summed E-state index contributed by atoms with van der Waals surface area (Å²) in [4.78, 5) is 17.6. The largest absolute Gasteiger partial charge is 0.394 e. The molecule has 1 unspecified atom stereocenters. The van der Waals surface area contributed by atoms with E-state index >= 15 is 0 Å². The third kappa shape index (κ3) is 1.76. The molecule has 0 amide bonds. The third-order valence-corrected chi connectivity index (χ3v) is 3.39. The van der Waals surface area contributed by atoms with Crippen molar-refractivity contribution in [3.63, 3.8) is 0 Å². The van der Waals surface area contributed by atoms with Gasteiger partial charge in [-0.25, -0.2) is 4.98 Å². The monoisotopic (exact) mass is 248 g/mol. The molecule has 7 nitrogen and oxygen atoms in total. The van der Waals surface area contributed by atoms with Crippen LogP contribution in [-0.2, 0) is 0 Å². The number of aliphatic hydroxyl groups excluding tert-OH is 1. The number of nitrogen functional groups attached to an aromatic ring is 1. The normalized spacial score (nSPS) is 20.5. The summed E-state index contributed by atoms with van der Waals surface area (Å²) in [6.07, 6.45) is 4.78. The first kappa shape index (κ1) is 11.2. The molecule has 18 heavy (non-hydrogen) atoms. The number of hydrogen-bond acceptors (Lipinski definition) is 6. The van der Waals surface area contributed by atoms with Crippen LogP contribution in [0.15, 0.2) is 6.33 Å². The van der Waals surface area contributed by atoms with Gasteiger partial charge in [0.1, 0.15) is 5.52 Å². The maximum Gasteiger partial charge on any atom is 0.224 e. The summed E-state index contributed by atoms with van der Waals surface area (Å²) in [5.74, 6) is 0.959. The van der Waals surface area contributed by atoms with Crippen LogP contribution in [0.2, 0.25) is 0 Å². The molecule has 1 fully saturated rings. The highest BCUT2D eigenvalue weighted by molar-refractivity contribution is 5.84. The molecular formula is C11H16N6O. The van der Waals surface area contributed by atoms with Gasteiger partial charge in [0.25, 0.3) is 0 Å². The number of anilines is 2. The predicted molar refractivity (Wildman–Crippen MR) is 68.2 cm³/mol. The minimum Gasteiger partial charge on any atom is -0.394 e. The van der Waals surface area contributed by atoms with Gasteiger partial charge in [-0.15, -0.1) is 0 Å². The van der Waals surface area contributed by atoms with Crippen LogP contribution >= 0.6 is 0 Å². The van der Waals surface area contributed by atoms with Gasteiger partial charge in [0.05, 0.1) is 19.0 Å². The summed E-state index contributed by atoms with van der Waals surface area (Å²) in [6, 6.07) is 0.0968. The number of aliphatic hydroxyl groups is 1. The van der Waals surface area contributed by atoms with Crippen molar-refractivity contribution >= 4 is 22.9 Å². The van der Waals surface area contributed by atoms with Crippen LogP contribution in [0.1, 0.15) is 19.3 Å². The lowest BCUT2D eigenvalue weighted by atomic mass is 10.0. The highest BCUT2D eigenvalue weighted by Crippen LogP contribution is 2.28. The topological polar surface area (TPSA) is 104 Å². The van der Waals surface area contributed by atoms with Crippen LogP contribution < -0.4 is 10.6 Å². The van der Waals surface area contributed by atoms with E-state index in [1.807, 2.05) is 0 Å². The number of aromatic amines is 1. The second-order valence-electron chi connectivity index (χ2n) is 4.53. The fourth-order valence-corrected chi connectivity index (χ4v) is 2.51. The van der Waals surface area contributed by atoms with Gasteiger partial charge in [-0.1, -0.05) is 0 Å². The molecule has 2 aromatic heterocycles. The van der Waals surface area contributed by atoms with Crippen LogP contribution in [0.5, 0.6) is 0 Å². The molecule has 0 aliphatic carbocycles.